The molecule has 2 aliphatic rings. The Morgan fingerprint density at radius 3 is 2.10 bits per heavy atom. The van der Waals surface area contributed by atoms with E-state index in [9.17, 15) is 50.0 Å². The molecule has 0 heterocycles. The summed E-state index contributed by atoms with van der Waals surface area (Å²) in [6.45, 7) is 0. The Hall–Kier alpha value is -3.48. The number of amides is 1. The largest absolute Gasteiger partial charge is 0.481 e. The van der Waals surface area contributed by atoms with Crippen LogP contribution >= 0.6 is 0 Å². The van der Waals surface area contributed by atoms with Gasteiger partial charge in [-0.1, -0.05) is 18.2 Å². The van der Waals surface area contributed by atoms with Gasteiger partial charge in [-0.05, 0) is 54.7 Å². The van der Waals surface area contributed by atoms with Crippen LogP contribution in [-0.2, 0) is 40.2 Å². The van der Waals surface area contributed by atoms with E-state index in [0.717, 1.165) is 25.5 Å². The number of nitrogens with zero attached hydrogens (tertiary/aromatic N) is 1. The van der Waals surface area contributed by atoms with Gasteiger partial charge in [0.15, 0.2) is 19.7 Å². The predicted molar refractivity (Wildman–Crippen MR) is 136 cm³/mol. The number of hydrogen-bond donors (Lipinski definition) is 2. The summed E-state index contributed by atoms with van der Waals surface area (Å²) in [6, 6.07) is 9.27. The van der Waals surface area contributed by atoms with Crippen molar-refractivity contribution in [1.29, 1.82) is 5.26 Å². The molecule has 0 aliphatic heterocycles. The third-order valence-corrected chi connectivity index (χ3v) is 11.5. The van der Waals surface area contributed by atoms with Crippen LogP contribution in [-0.4, -0.2) is 58.5 Å². The van der Waals surface area contributed by atoms with Crippen molar-refractivity contribution in [2.75, 3.05) is 13.4 Å². The number of aliphatic carboxylic acids is 1. The number of benzene rings is 2. The lowest BCUT2D eigenvalue weighted by molar-refractivity contribution is -0.159. The van der Waals surface area contributed by atoms with Crippen LogP contribution in [0.5, 0.6) is 0 Å². The molecule has 0 bridgehead atoms. The average molecular weight is 615 g/mol. The number of nitrogens with two attached hydrogens (primary N) is 1. The highest BCUT2D eigenvalue weighted by Gasteiger charge is 2.75. The fourth-order valence-corrected chi connectivity index (χ4v) is 8.57. The number of ether oxygens (including phenoxy) is 1. The molecule has 10 nitrogen and oxygen atoms in total. The molecule has 2 aliphatic carbocycles. The predicted octanol–water partition coefficient (Wildman–Crippen LogP) is 2.81. The van der Waals surface area contributed by atoms with Crippen molar-refractivity contribution in [1.82, 2.24) is 0 Å². The Morgan fingerprint density at radius 1 is 1.07 bits per heavy atom. The van der Waals surface area contributed by atoms with Crippen LogP contribution in [0.3, 0.4) is 0 Å². The first-order valence-electron chi connectivity index (χ1n) is 12.1. The first-order chi connectivity index (χ1) is 18.9. The van der Waals surface area contributed by atoms with Crippen molar-refractivity contribution in [2.24, 2.45) is 22.5 Å². The molecule has 4 rings (SSSR count). The number of carbonyl (C=O) groups excluding carboxylic acids is 1. The Balaban J connectivity index is 1.78. The molecule has 2 aromatic rings. The van der Waals surface area contributed by atoms with Gasteiger partial charge in [-0.25, -0.2) is 16.8 Å². The van der Waals surface area contributed by atoms with Crippen LogP contribution in [0.4, 0.5) is 13.2 Å². The Labute approximate surface area is 233 Å². The van der Waals surface area contributed by atoms with E-state index in [1.807, 2.05) is 0 Å². The summed E-state index contributed by atoms with van der Waals surface area (Å²) in [5, 5.41) is 18.1. The third kappa shape index (κ3) is 4.87. The average Bonchev–Trinajstić information content (AvgIpc) is 3.52. The SMILES string of the molecule is CO[C@@H]1C[C@H](S(=O)(=O)c2ccc(-c3ccc(S(C)(=O)=O)cc3)cc2C(F)(F)F)C[C@@]1(C(=O)O)C1CC1(C#N)C(N)=O. The van der Waals surface area contributed by atoms with Crippen molar-refractivity contribution < 1.29 is 49.4 Å². The second-order valence-electron chi connectivity index (χ2n) is 10.4. The molecule has 41 heavy (non-hydrogen) atoms. The van der Waals surface area contributed by atoms with Gasteiger partial charge in [-0.2, -0.15) is 18.4 Å². The number of alkyl halides is 3. The van der Waals surface area contributed by atoms with Crippen molar-refractivity contribution >= 4 is 31.6 Å². The second-order valence-corrected chi connectivity index (χ2v) is 14.6. The number of halogens is 3. The zero-order valence-electron chi connectivity index (χ0n) is 21.7. The number of carboxylic acid groups (broad SMARTS) is 1. The zero-order valence-corrected chi connectivity index (χ0v) is 23.3. The van der Waals surface area contributed by atoms with E-state index in [-0.39, 0.29) is 22.4 Å². The van der Waals surface area contributed by atoms with Crippen molar-refractivity contribution in [3.8, 4) is 17.2 Å². The number of carbonyl (C=O) groups is 2. The fraction of sp³-hybridized carbons (Fsp3) is 0.423. The van der Waals surface area contributed by atoms with Gasteiger partial charge in [0.1, 0.15) is 10.8 Å². The van der Waals surface area contributed by atoms with E-state index in [4.69, 9.17) is 10.5 Å². The number of hydrogen-bond acceptors (Lipinski definition) is 8. The standard InChI is InChI=1S/C26H25F3N2O8S2/c1-39-21-10-17(11-25(21,23(33)34)20-12-24(20,13-30)22(31)32)41(37,38)19-8-5-15(9-18(19)26(27,28)29)14-3-6-16(7-4-14)40(2,35)36/h3-9,17,20-21H,10-12H2,1-2H3,(H2,31,32)(H,33,34)/t17-,20?,21+,24?,25+/m0/s1. The molecule has 0 spiro atoms. The summed E-state index contributed by atoms with van der Waals surface area (Å²) < 4.78 is 98.8. The number of rotatable bonds is 8. The van der Waals surface area contributed by atoms with Gasteiger partial charge in [0.25, 0.3) is 0 Å². The lowest BCUT2D eigenvalue weighted by Crippen LogP contribution is -2.44. The third-order valence-electron chi connectivity index (χ3n) is 8.17. The molecular formula is C26H25F3N2O8S2. The number of carboxylic acids is 1. The first kappa shape index (κ1) is 30.5. The number of sulfone groups is 2. The molecule has 3 N–H and O–H groups in total. The molecule has 2 saturated carbocycles. The molecule has 15 heteroatoms. The van der Waals surface area contributed by atoms with E-state index in [2.05, 4.69) is 0 Å². The van der Waals surface area contributed by atoms with Crippen molar-refractivity contribution in [2.45, 2.75) is 46.6 Å². The van der Waals surface area contributed by atoms with Gasteiger partial charge >= 0.3 is 12.1 Å². The van der Waals surface area contributed by atoms with Gasteiger partial charge in [-0.3, -0.25) is 9.59 Å². The summed E-state index contributed by atoms with van der Waals surface area (Å²) in [6.07, 6.45) is -6.94. The Morgan fingerprint density at radius 2 is 1.66 bits per heavy atom. The van der Waals surface area contributed by atoms with Gasteiger partial charge in [0.05, 0.1) is 32.8 Å². The lowest BCUT2D eigenvalue weighted by atomic mass is 9.75. The highest BCUT2D eigenvalue weighted by molar-refractivity contribution is 7.92. The summed E-state index contributed by atoms with van der Waals surface area (Å²) in [7, 11) is -7.28. The number of methoxy groups -OCH3 is 1. The molecule has 2 fully saturated rings. The second kappa shape index (κ2) is 9.81. The summed E-state index contributed by atoms with van der Waals surface area (Å²) in [5.74, 6) is -3.82. The number of nitriles is 1. The van der Waals surface area contributed by atoms with Crippen molar-refractivity contribution in [3.05, 3.63) is 48.0 Å². The summed E-state index contributed by atoms with van der Waals surface area (Å²) in [4.78, 5) is 23.4. The summed E-state index contributed by atoms with van der Waals surface area (Å²) in [5.41, 5.74) is 0.110. The molecule has 2 aromatic carbocycles. The van der Waals surface area contributed by atoms with E-state index in [1.165, 1.54) is 24.3 Å². The van der Waals surface area contributed by atoms with Crippen LogP contribution in [0.25, 0.3) is 11.1 Å². The monoisotopic (exact) mass is 614 g/mol. The van der Waals surface area contributed by atoms with E-state index in [1.54, 1.807) is 6.07 Å². The van der Waals surface area contributed by atoms with Crippen LogP contribution in [0.15, 0.2) is 52.3 Å². The van der Waals surface area contributed by atoms with Gasteiger partial charge in [0, 0.05) is 19.3 Å². The molecule has 0 saturated heterocycles. The normalized spacial score (nSPS) is 28.1. The molecule has 220 valence electrons. The molecule has 2 unspecified atom stereocenters. The van der Waals surface area contributed by atoms with E-state index >= 15 is 0 Å². The molecule has 1 amide bonds. The Kier molecular flexibility index (Phi) is 7.30. The maximum atomic E-state index is 14.2. The van der Waals surface area contributed by atoms with Crippen LogP contribution in [0.2, 0.25) is 0 Å². The molecule has 0 aromatic heterocycles. The molecule has 5 atom stereocenters. The fourth-order valence-electron chi connectivity index (χ4n) is 5.91. The lowest BCUT2D eigenvalue weighted by Gasteiger charge is -2.31. The molecular weight excluding hydrogens is 589 g/mol. The van der Waals surface area contributed by atoms with E-state index < -0.39 is 89.1 Å². The van der Waals surface area contributed by atoms with Gasteiger partial charge in [0.2, 0.25) is 5.91 Å². The number of primary amides is 1. The van der Waals surface area contributed by atoms with Crippen LogP contribution < -0.4 is 5.73 Å². The van der Waals surface area contributed by atoms with Crippen molar-refractivity contribution in [3.63, 3.8) is 0 Å². The molecule has 0 radical (unpaired) electrons. The van der Waals surface area contributed by atoms with Gasteiger partial charge in [-0.15, -0.1) is 0 Å². The van der Waals surface area contributed by atoms with Gasteiger partial charge < -0.3 is 15.6 Å². The minimum absolute atomic E-state index is 0.0318. The maximum absolute atomic E-state index is 14.2. The first-order valence-corrected chi connectivity index (χ1v) is 15.5. The highest BCUT2D eigenvalue weighted by atomic mass is 32.2. The topological polar surface area (TPSA) is 182 Å². The smallest absolute Gasteiger partial charge is 0.417 e. The maximum Gasteiger partial charge on any atom is 0.417 e. The highest BCUT2D eigenvalue weighted by Crippen LogP contribution is 2.66. The van der Waals surface area contributed by atoms with Crippen LogP contribution in [0.1, 0.15) is 24.8 Å². The minimum Gasteiger partial charge on any atom is -0.481 e. The summed E-state index contributed by atoms with van der Waals surface area (Å²) >= 11 is 0. The minimum atomic E-state index is -5.13. The Bertz CT molecular complexity index is 1680. The van der Waals surface area contributed by atoms with E-state index in [0.29, 0.717) is 6.07 Å². The van der Waals surface area contributed by atoms with Crippen LogP contribution in [0, 0.1) is 28.1 Å². The zero-order chi connectivity index (χ0) is 30.8. The quantitative estimate of drug-likeness (QED) is 0.452.